The summed E-state index contributed by atoms with van der Waals surface area (Å²) in [5.41, 5.74) is 0.881. The van der Waals surface area contributed by atoms with E-state index in [0.29, 0.717) is 24.5 Å². The van der Waals surface area contributed by atoms with E-state index in [1.165, 1.54) is 0 Å². The minimum Gasteiger partial charge on any atom is -0.460 e. The first-order chi connectivity index (χ1) is 10.6. The van der Waals surface area contributed by atoms with Crippen LogP contribution in [0.4, 0.5) is 0 Å². The zero-order valence-corrected chi connectivity index (χ0v) is 13.6. The second kappa shape index (κ2) is 8.01. The van der Waals surface area contributed by atoms with Gasteiger partial charge in [0, 0.05) is 24.6 Å². The summed E-state index contributed by atoms with van der Waals surface area (Å²) in [5, 5.41) is 6.72. The van der Waals surface area contributed by atoms with E-state index in [0.717, 1.165) is 17.1 Å². The number of hydrogen-bond acceptors (Lipinski definition) is 3. The second-order valence-electron chi connectivity index (χ2n) is 5.39. The SMILES string of the molecule is CC(C)NC(=O)CCNCc1ccc(-c2ccccc2Cl)o1. The van der Waals surface area contributed by atoms with Crippen LogP contribution in [0.1, 0.15) is 26.0 Å². The average Bonchev–Trinajstić information content (AvgIpc) is 2.92. The Morgan fingerprint density at radius 2 is 2.00 bits per heavy atom. The normalized spacial score (nSPS) is 10.9. The summed E-state index contributed by atoms with van der Waals surface area (Å²) < 4.78 is 5.77. The van der Waals surface area contributed by atoms with Gasteiger partial charge in [0.15, 0.2) is 0 Å². The first-order valence-corrected chi connectivity index (χ1v) is 7.77. The molecule has 2 aromatic rings. The summed E-state index contributed by atoms with van der Waals surface area (Å²) in [6, 6.07) is 11.6. The molecule has 118 valence electrons. The summed E-state index contributed by atoms with van der Waals surface area (Å²) >= 11 is 6.15. The number of amides is 1. The zero-order valence-electron chi connectivity index (χ0n) is 12.9. The van der Waals surface area contributed by atoms with Crippen molar-refractivity contribution in [1.82, 2.24) is 10.6 Å². The molecular weight excluding hydrogens is 300 g/mol. The van der Waals surface area contributed by atoms with Gasteiger partial charge in [-0.1, -0.05) is 23.7 Å². The predicted molar refractivity (Wildman–Crippen MR) is 88.8 cm³/mol. The van der Waals surface area contributed by atoms with E-state index >= 15 is 0 Å². The van der Waals surface area contributed by atoms with E-state index < -0.39 is 0 Å². The Morgan fingerprint density at radius 1 is 1.23 bits per heavy atom. The van der Waals surface area contributed by atoms with E-state index in [1.54, 1.807) is 0 Å². The van der Waals surface area contributed by atoms with Crippen molar-refractivity contribution >= 4 is 17.5 Å². The maximum Gasteiger partial charge on any atom is 0.221 e. The lowest BCUT2D eigenvalue weighted by Gasteiger charge is -2.08. The zero-order chi connectivity index (χ0) is 15.9. The number of carbonyl (C=O) groups excluding carboxylic acids is 1. The number of nitrogens with one attached hydrogen (secondary N) is 2. The number of hydrogen-bond donors (Lipinski definition) is 2. The number of halogens is 1. The highest BCUT2D eigenvalue weighted by Crippen LogP contribution is 2.28. The second-order valence-corrected chi connectivity index (χ2v) is 5.80. The van der Waals surface area contributed by atoms with Crippen LogP contribution in [0.15, 0.2) is 40.8 Å². The number of rotatable bonds is 7. The van der Waals surface area contributed by atoms with Crippen molar-refractivity contribution < 1.29 is 9.21 Å². The molecule has 1 aromatic heterocycles. The Hall–Kier alpha value is -1.78. The summed E-state index contributed by atoms with van der Waals surface area (Å²) in [6.07, 6.45) is 0.455. The Kier molecular flexibility index (Phi) is 6.04. The fourth-order valence-corrected chi connectivity index (χ4v) is 2.32. The fourth-order valence-electron chi connectivity index (χ4n) is 2.09. The molecular formula is C17H21ClN2O2. The van der Waals surface area contributed by atoms with Gasteiger partial charge in [0.05, 0.1) is 11.6 Å². The van der Waals surface area contributed by atoms with Crippen LogP contribution in [0.5, 0.6) is 0 Å². The highest BCUT2D eigenvalue weighted by Gasteiger charge is 2.08. The third-order valence-electron chi connectivity index (χ3n) is 3.08. The van der Waals surface area contributed by atoms with E-state index in [4.69, 9.17) is 16.0 Å². The fraction of sp³-hybridized carbons (Fsp3) is 0.353. The Bertz CT molecular complexity index is 623. The molecule has 0 fully saturated rings. The highest BCUT2D eigenvalue weighted by atomic mass is 35.5. The molecule has 0 aliphatic heterocycles. The van der Waals surface area contributed by atoms with Crippen LogP contribution in [-0.2, 0) is 11.3 Å². The predicted octanol–water partition coefficient (Wildman–Crippen LogP) is 3.60. The van der Waals surface area contributed by atoms with Crippen molar-refractivity contribution in [1.29, 1.82) is 0 Å². The van der Waals surface area contributed by atoms with Crippen LogP contribution in [0, 0.1) is 0 Å². The number of carbonyl (C=O) groups is 1. The molecule has 1 heterocycles. The maximum atomic E-state index is 11.5. The lowest BCUT2D eigenvalue weighted by atomic mass is 10.2. The van der Waals surface area contributed by atoms with Crippen LogP contribution in [0.3, 0.4) is 0 Å². The van der Waals surface area contributed by atoms with E-state index in [1.807, 2.05) is 50.2 Å². The molecule has 0 aliphatic carbocycles. The average molecular weight is 321 g/mol. The molecule has 0 bridgehead atoms. The molecule has 5 heteroatoms. The van der Waals surface area contributed by atoms with Crippen molar-refractivity contribution in [2.75, 3.05) is 6.54 Å². The molecule has 0 saturated carbocycles. The molecule has 0 unspecified atom stereocenters. The van der Waals surface area contributed by atoms with Crippen molar-refractivity contribution in [3.8, 4) is 11.3 Å². The monoisotopic (exact) mass is 320 g/mol. The van der Waals surface area contributed by atoms with E-state index in [9.17, 15) is 4.79 Å². The van der Waals surface area contributed by atoms with Crippen molar-refractivity contribution in [3.63, 3.8) is 0 Å². The van der Waals surface area contributed by atoms with Gasteiger partial charge in [-0.25, -0.2) is 0 Å². The number of benzene rings is 1. The molecule has 0 spiro atoms. The van der Waals surface area contributed by atoms with Gasteiger partial charge in [0.1, 0.15) is 11.5 Å². The van der Waals surface area contributed by atoms with Crippen LogP contribution >= 0.6 is 11.6 Å². The van der Waals surface area contributed by atoms with Gasteiger partial charge < -0.3 is 15.1 Å². The van der Waals surface area contributed by atoms with E-state index in [-0.39, 0.29) is 11.9 Å². The third-order valence-corrected chi connectivity index (χ3v) is 3.41. The van der Waals surface area contributed by atoms with Crippen molar-refractivity contribution in [2.24, 2.45) is 0 Å². The van der Waals surface area contributed by atoms with Gasteiger partial charge in [0.2, 0.25) is 5.91 Å². The van der Waals surface area contributed by atoms with Gasteiger partial charge in [-0.15, -0.1) is 0 Å². The Labute approximate surface area is 135 Å². The minimum absolute atomic E-state index is 0.0544. The summed E-state index contributed by atoms with van der Waals surface area (Å²) in [6.45, 7) is 5.09. The van der Waals surface area contributed by atoms with Crippen LogP contribution in [-0.4, -0.2) is 18.5 Å². The Morgan fingerprint density at radius 3 is 2.73 bits per heavy atom. The van der Waals surface area contributed by atoms with Crippen LogP contribution in [0.2, 0.25) is 5.02 Å². The summed E-state index contributed by atoms with van der Waals surface area (Å²) in [7, 11) is 0. The molecule has 1 amide bonds. The Balaban J connectivity index is 1.81. The minimum atomic E-state index is 0.0544. The lowest BCUT2D eigenvalue weighted by Crippen LogP contribution is -2.32. The lowest BCUT2D eigenvalue weighted by molar-refractivity contribution is -0.121. The quantitative estimate of drug-likeness (QED) is 0.766. The van der Waals surface area contributed by atoms with Gasteiger partial charge in [-0.05, 0) is 38.1 Å². The first-order valence-electron chi connectivity index (χ1n) is 7.40. The molecule has 0 aliphatic rings. The largest absolute Gasteiger partial charge is 0.460 e. The van der Waals surface area contributed by atoms with Crippen LogP contribution in [0.25, 0.3) is 11.3 Å². The molecule has 22 heavy (non-hydrogen) atoms. The molecule has 0 saturated heterocycles. The van der Waals surface area contributed by atoms with Crippen molar-refractivity contribution in [3.05, 3.63) is 47.2 Å². The first kappa shape index (κ1) is 16.6. The smallest absolute Gasteiger partial charge is 0.221 e. The van der Waals surface area contributed by atoms with Crippen molar-refractivity contribution in [2.45, 2.75) is 32.9 Å². The number of furan rings is 1. The standard InChI is InChI=1S/C17H21ClN2O2/c1-12(2)20-17(21)9-10-19-11-13-7-8-16(22-13)14-5-3-4-6-15(14)18/h3-8,12,19H,9-11H2,1-2H3,(H,20,21). The van der Waals surface area contributed by atoms with E-state index in [2.05, 4.69) is 10.6 Å². The van der Waals surface area contributed by atoms with Gasteiger partial charge >= 0.3 is 0 Å². The molecule has 1 aromatic carbocycles. The van der Waals surface area contributed by atoms with Gasteiger partial charge in [-0.2, -0.15) is 0 Å². The maximum absolute atomic E-state index is 11.5. The molecule has 0 radical (unpaired) electrons. The summed E-state index contributed by atoms with van der Waals surface area (Å²) in [5.74, 6) is 1.62. The topological polar surface area (TPSA) is 54.3 Å². The molecule has 0 atom stereocenters. The molecule has 2 rings (SSSR count). The third kappa shape index (κ3) is 4.90. The van der Waals surface area contributed by atoms with Gasteiger partial charge in [0.25, 0.3) is 0 Å². The molecule has 2 N–H and O–H groups in total. The van der Waals surface area contributed by atoms with Gasteiger partial charge in [-0.3, -0.25) is 4.79 Å². The summed E-state index contributed by atoms with van der Waals surface area (Å²) in [4.78, 5) is 11.5. The van der Waals surface area contributed by atoms with Crippen LogP contribution < -0.4 is 10.6 Å². The molecule has 4 nitrogen and oxygen atoms in total. The highest BCUT2D eigenvalue weighted by molar-refractivity contribution is 6.33.